The molecule has 1 N–H and O–H groups in total. The molecule has 1 atom stereocenters. The fourth-order valence-corrected chi connectivity index (χ4v) is 2.76. The molecule has 5 nitrogen and oxygen atoms in total. The molecule has 2 rings (SSSR count). The van der Waals surface area contributed by atoms with Crippen molar-refractivity contribution < 1.29 is 4.79 Å². The van der Waals surface area contributed by atoms with Crippen molar-refractivity contribution in [1.29, 1.82) is 0 Å². The van der Waals surface area contributed by atoms with E-state index in [2.05, 4.69) is 23.4 Å². The standard InChI is InChI=1S/C15H26N4O/c1-3-9-18(4-2)15(20)12-19-10-7-14(17-19)13-6-5-8-16-11-13/h7,10,13,16H,3-6,8-9,11-12H2,1-2H3/t13-/m1/s1. The van der Waals surface area contributed by atoms with E-state index >= 15 is 0 Å². The molecule has 1 saturated heterocycles. The Hall–Kier alpha value is -1.36. The molecule has 1 aliphatic rings. The molecule has 0 aromatic carbocycles. The molecule has 0 bridgehead atoms. The number of hydrogen-bond donors (Lipinski definition) is 1. The van der Waals surface area contributed by atoms with Gasteiger partial charge in [-0.05, 0) is 38.8 Å². The van der Waals surface area contributed by atoms with Crippen LogP contribution < -0.4 is 5.32 Å². The van der Waals surface area contributed by atoms with Crippen molar-refractivity contribution in [2.45, 2.75) is 45.6 Å². The lowest BCUT2D eigenvalue weighted by Crippen LogP contribution is -2.34. The molecule has 1 aliphatic heterocycles. The van der Waals surface area contributed by atoms with Gasteiger partial charge in [-0.1, -0.05) is 6.92 Å². The fraction of sp³-hybridized carbons (Fsp3) is 0.733. The first-order valence-electron chi connectivity index (χ1n) is 7.76. The Kier molecular flexibility index (Phi) is 5.59. The highest BCUT2D eigenvalue weighted by Crippen LogP contribution is 2.21. The maximum absolute atomic E-state index is 12.2. The maximum atomic E-state index is 12.2. The normalized spacial score (nSPS) is 19.0. The molecular formula is C15H26N4O. The van der Waals surface area contributed by atoms with Gasteiger partial charge in [0, 0.05) is 31.7 Å². The Morgan fingerprint density at radius 3 is 3.05 bits per heavy atom. The van der Waals surface area contributed by atoms with Crippen molar-refractivity contribution in [3.63, 3.8) is 0 Å². The first kappa shape index (κ1) is 15.0. The number of carbonyl (C=O) groups excluding carboxylic acids is 1. The van der Waals surface area contributed by atoms with E-state index < -0.39 is 0 Å². The number of piperidine rings is 1. The van der Waals surface area contributed by atoms with Crippen LogP contribution in [-0.2, 0) is 11.3 Å². The lowest BCUT2D eigenvalue weighted by atomic mass is 9.97. The van der Waals surface area contributed by atoms with E-state index in [1.54, 1.807) is 4.68 Å². The van der Waals surface area contributed by atoms with Crippen LogP contribution in [0.4, 0.5) is 0 Å². The summed E-state index contributed by atoms with van der Waals surface area (Å²) in [7, 11) is 0. The van der Waals surface area contributed by atoms with E-state index in [1.165, 1.54) is 12.8 Å². The van der Waals surface area contributed by atoms with Crippen LogP contribution in [0.25, 0.3) is 0 Å². The van der Waals surface area contributed by atoms with Gasteiger partial charge in [0.05, 0.1) is 5.69 Å². The molecule has 0 saturated carbocycles. The van der Waals surface area contributed by atoms with Crippen LogP contribution in [0.3, 0.4) is 0 Å². The Balaban J connectivity index is 1.93. The second kappa shape index (κ2) is 7.43. The second-order valence-corrected chi connectivity index (χ2v) is 5.45. The summed E-state index contributed by atoms with van der Waals surface area (Å²) < 4.78 is 1.78. The highest BCUT2D eigenvalue weighted by atomic mass is 16.2. The summed E-state index contributed by atoms with van der Waals surface area (Å²) in [5.41, 5.74) is 1.11. The smallest absolute Gasteiger partial charge is 0.244 e. The van der Waals surface area contributed by atoms with Crippen LogP contribution >= 0.6 is 0 Å². The number of aromatic nitrogens is 2. The third-order valence-electron chi connectivity index (χ3n) is 3.90. The molecule has 2 heterocycles. The predicted octanol–water partition coefficient (Wildman–Crippen LogP) is 1.61. The lowest BCUT2D eigenvalue weighted by molar-refractivity contribution is -0.131. The number of nitrogens with one attached hydrogen (secondary N) is 1. The monoisotopic (exact) mass is 278 g/mol. The summed E-state index contributed by atoms with van der Waals surface area (Å²) in [6.45, 7) is 8.19. The molecule has 1 amide bonds. The average Bonchev–Trinajstić information content (AvgIpc) is 2.94. The molecule has 112 valence electrons. The summed E-state index contributed by atoms with van der Waals surface area (Å²) in [4.78, 5) is 14.1. The first-order valence-corrected chi connectivity index (χ1v) is 7.76. The summed E-state index contributed by atoms with van der Waals surface area (Å²) in [6, 6.07) is 2.06. The van der Waals surface area contributed by atoms with Gasteiger partial charge in [-0.2, -0.15) is 5.10 Å². The number of amides is 1. The molecule has 20 heavy (non-hydrogen) atoms. The summed E-state index contributed by atoms with van der Waals surface area (Å²) in [5, 5.41) is 7.98. The Bertz CT molecular complexity index is 423. The van der Waals surface area contributed by atoms with Crippen LogP contribution in [0.1, 0.15) is 44.7 Å². The quantitative estimate of drug-likeness (QED) is 0.860. The van der Waals surface area contributed by atoms with Gasteiger partial charge in [-0.25, -0.2) is 0 Å². The minimum Gasteiger partial charge on any atom is -0.341 e. The molecule has 5 heteroatoms. The van der Waals surface area contributed by atoms with Gasteiger partial charge in [-0.3, -0.25) is 9.48 Å². The van der Waals surface area contributed by atoms with Gasteiger partial charge in [0.15, 0.2) is 0 Å². The molecule has 1 aromatic rings. The third-order valence-corrected chi connectivity index (χ3v) is 3.90. The fourth-order valence-electron chi connectivity index (χ4n) is 2.76. The largest absolute Gasteiger partial charge is 0.341 e. The van der Waals surface area contributed by atoms with Crippen LogP contribution in [0.15, 0.2) is 12.3 Å². The van der Waals surface area contributed by atoms with Crippen molar-refractivity contribution >= 4 is 5.91 Å². The summed E-state index contributed by atoms with van der Waals surface area (Å²) in [6.07, 6.45) is 5.32. The Morgan fingerprint density at radius 2 is 2.40 bits per heavy atom. The maximum Gasteiger partial charge on any atom is 0.244 e. The molecule has 0 radical (unpaired) electrons. The van der Waals surface area contributed by atoms with Crippen molar-refractivity contribution in [1.82, 2.24) is 20.0 Å². The van der Waals surface area contributed by atoms with Crippen molar-refractivity contribution in [2.24, 2.45) is 0 Å². The van der Waals surface area contributed by atoms with E-state index in [-0.39, 0.29) is 5.91 Å². The Morgan fingerprint density at radius 1 is 1.55 bits per heavy atom. The summed E-state index contributed by atoms with van der Waals surface area (Å²) >= 11 is 0. The van der Waals surface area contributed by atoms with E-state index in [9.17, 15) is 4.79 Å². The SMILES string of the molecule is CCCN(CC)C(=O)Cn1ccc([C@@H]2CCCNC2)n1. The molecular weight excluding hydrogens is 252 g/mol. The lowest BCUT2D eigenvalue weighted by Gasteiger charge is -2.21. The minimum atomic E-state index is 0.158. The van der Waals surface area contributed by atoms with Gasteiger partial charge < -0.3 is 10.2 Å². The zero-order valence-electron chi connectivity index (χ0n) is 12.6. The average molecular weight is 278 g/mol. The van der Waals surface area contributed by atoms with Gasteiger partial charge in [0.2, 0.25) is 5.91 Å². The number of rotatable bonds is 6. The Labute approximate surface area is 121 Å². The van der Waals surface area contributed by atoms with E-state index in [4.69, 9.17) is 0 Å². The third kappa shape index (κ3) is 3.82. The van der Waals surface area contributed by atoms with Crippen molar-refractivity contribution in [2.75, 3.05) is 26.2 Å². The van der Waals surface area contributed by atoms with Crippen LogP contribution in [0.2, 0.25) is 0 Å². The number of likely N-dealkylation sites (N-methyl/N-ethyl adjacent to an activating group) is 1. The molecule has 1 fully saturated rings. The van der Waals surface area contributed by atoms with Crippen LogP contribution in [-0.4, -0.2) is 46.8 Å². The molecule has 0 spiro atoms. The highest BCUT2D eigenvalue weighted by Gasteiger charge is 2.18. The molecule has 1 aromatic heterocycles. The van der Waals surface area contributed by atoms with Gasteiger partial charge in [0.1, 0.15) is 6.54 Å². The first-order chi connectivity index (χ1) is 9.74. The number of hydrogen-bond acceptors (Lipinski definition) is 3. The second-order valence-electron chi connectivity index (χ2n) is 5.45. The topological polar surface area (TPSA) is 50.2 Å². The van der Waals surface area contributed by atoms with Crippen LogP contribution in [0.5, 0.6) is 0 Å². The van der Waals surface area contributed by atoms with E-state index in [0.717, 1.165) is 38.3 Å². The van der Waals surface area contributed by atoms with Gasteiger partial charge in [0.25, 0.3) is 0 Å². The molecule has 0 aliphatic carbocycles. The highest BCUT2D eigenvalue weighted by molar-refractivity contribution is 5.75. The minimum absolute atomic E-state index is 0.158. The molecule has 0 unspecified atom stereocenters. The van der Waals surface area contributed by atoms with E-state index in [1.807, 2.05) is 18.0 Å². The van der Waals surface area contributed by atoms with E-state index in [0.29, 0.717) is 12.5 Å². The van der Waals surface area contributed by atoms with Crippen LogP contribution in [0, 0.1) is 0 Å². The number of carbonyl (C=O) groups is 1. The number of nitrogens with zero attached hydrogens (tertiary/aromatic N) is 3. The predicted molar refractivity (Wildman–Crippen MR) is 79.6 cm³/mol. The zero-order valence-corrected chi connectivity index (χ0v) is 12.6. The van der Waals surface area contributed by atoms with Gasteiger partial charge in [-0.15, -0.1) is 0 Å². The van der Waals surface area contributed by atoms with Crippen molar-refractivity contribution in [3.8, 4) is 0 Å². The summed E-state index contributed by atoms with van der Waals surface area (Å²) in [5.74, 6) is 0.656. The zero-order chi connectivity index (χ0) is 14.4. The van der Waals surface area contributed by atoms with Crippen molar-refractivity contribution in [3.05, 3.63) is 18.0 Å². The van der Waals surface area contributed by atoms with Gasteiger partial charge >= 0.3 is 0 Å².